The van der Waals surface area contributed by atoms with Gasteiger partial charge in [0.25, 0.3) is 5.56 Å². The van der Waals surface area contributed by atoms with Crippen molar-refractivity contribution in [3.63, 3.8) is 0 Å². The normalized spacial score (nSPS) is 13.8. The van der Waals surface area contributed by atoms with Gasteiger partial charge >= 0.3 is 0 Å². The largest absolute Gasteiger partial charge is 0.268 e. The summed E-state index contributed by atoms with van der Waals surface area (Å²) in [7, 11) is 0. The van der Waals surface area contributed by atoms with Gasteiger partial charge in [0.1, 0.15) is 5.82 Å². The van der Waals surface area contributed by atoms with Gasteiger partial charge < -0.3 is 0 Å². The summed E-state index contributed by atoms with van der Waals surface area (Å²) in [5.41, 5.74) is 4.49. The molecule has 0 spiro atoms. The molecule has 3 aromatic rings. The minimum Gasteiger partial charge on any atom is -0.268 e. The van der Waals surface area contributed by atoms with E-state index in [0.29, 0.717) is 11.8 Å². The number of fused-ring (bicyclic) bond motifs is 1. The second-order valence-electron chi connectivity index (χ2n) is 6.52. The number of rotatable bonds is 3. The first kappa shape index (κ1) is 16.5. The van der Waals surface area contributed by atoms with Crippen LogP contribution in [0.5, 0.6) is 0 Å². The molecule has 2 heterocycles. The molecule has 1 aliphatic carbocycles. The summed E-state index contributed by atoms with van der Waals surface area (Å²) in [5.74, 6) is 0.795. The highest BCUT2D eigenvalue weighted by Gasteiger charge is 2.16. The Morgan fingerprint density at radius 1 is 1.19 bits per heavy atom. The first-order valence-electron chi connectivity index (χ1n) is 9.04. The van der Waals surface area contributed by atoms with E-state index < -0.39 is 0 Å². The topological polar surface area (TPSA) is 47.8 Å². The average molecular weight is 343 g/mol. The van der Waals surface area contributed by atoms with Gasteiger partial charge in [0.15, 0.2) is 0 Å². The van der Waals surface area contributed by atoms with E-state index in [0.717, 1.165) is 46.7 Å². The Morgan fingerprint density at radius 3 is 2.81 bits per heavy atom. The van der Waals surface area contributed by atoms with Gasteiger partial charge in [-0.2, -0.15) is 0 Å². The smallest absolute Gasteiger partial charge is 0.266 e. The lowest BCUT2D eigenvalue weighted by molar-refractivity contribution is 0.842. The molecular weight excluding hydrogens is 322 g/mol. The maximum Gasteiger partial charge on any atom is 0.266 e. The Kier molecular flexibility index (Phi) is 4.25. The quantitative estimate of drug-likeness (QED) is 0.702. The molecule has 4 nitrogen and oxygen atoms in total. The van der Waals surface area contributed by atoms with Crippen LogP contribution in [0.15, 0.2) is 59.6 Å². The van der Waals surface area contributed by atoms with Crippen LogP contribution in [-0.4, -0.2) is 14.5 Å². The molecule has 0 saturated carbocycles. The third-order valence-electron chi connectivity index (χ3n) is 4.72. The molecule has 0 N–H and O–H groups in total. The van der Waals surface area contributed by atoms with Crippen LogP contribution in [0.2, 0.25) is 0 Å². The SMILES string of the molecule is CCc1nc2cccc(-c3ccnc(C)c3)c2c(=O)n1C1=CCCC=C1. The average Bonchev–Trinajstić information content (AvgIpc) is 2.68. The van der Waals surface area contributed by atoms with Gasteiger partial charge in [-0.25, -0.2) is 4.98 Å². The predicted octanol–water partition coefficient (Wildman–Crippen LogP) is 4.52. The summed E-state index contributed by atoms with van der Waals surface area (Å²) in [5, 5.41) is 0.662. The lowest BCUT2D eigenvalue weighted by Crippen LogP contribution is -2.25. The molecule has 0 fully saturated rings. The Balaban J connectivity index is 2.06. The van der Waals surface area contributed by atoms with Crippen molar-refractivity contribution in [1.29, 1.82) is 0 Å². The fourth-order valence-electron chi connectivity index (χ4n) is 3.50. The van der Waals surface area contributed by atoms with Gasteiger partial charge in [0.05, 0.1) is 10.9 Å². The van der Waals surface area contributed by atoms with Gasteiger partial charge in [-0.1, -0.05) is 31.2 Å². The van der Waals surface area contributed by atoms with E-state index in [4.69, 9.17) is 4.98 Å². The van der Waals surface area contributed by atoms with Crippen molar-refractivity contribution in [2.75, 3.05) is 0 Å². The van der Waals surface area contributed by atoms with Crippen molar-refractivity contribution in [3.05, 3.63) is 76.6 Å². The first-order valence-corrected chi connectivity index (χ1v) is 9.04. The lowest BCUT2D eigenvalue weighted by Gasteiger charge is -2.16. The summed E-state index contributed by atoms with van der Waals surface area (Å²) < 4.78 is 1.77. The number of hydrogen-bond acceptors (Lipinski definition) is 3. The van der Waals surface area contributed by atoms with Crippen LogP contribution in [0.25, 0.3) is 27.7 Å². The zero-order valence-electron chi connectivity index (χ0n) is 15.1. The maximum atomic E-state index is 13.5. The number of aryl methyl sites for hydroxylation is 2. The Hall–Kier alpha value is -3.01. The molecule has 0 unspecified atom stereocenters. The molecule has 0 amide bonds. The molecular formula is C22H21N3O. The molecule has 2 aromatic heterocycles. The predicted molar refractivity (Wildman–Crippen MR) is 106 cm³/mol. The fourth-order valence-corrected chi connectivity index (χ4v) is 3.50. The summed E-state index contributed by atoms with van der Waals surface area (Å²) in [6, 6.07) is 9.82. The highest BCUT2D eigenvalue weighted by atomic mass is 16.1. The molecule has 1 aliphatic rings. The minimum absolute atomic E-state index is 0.00489. The van der Waals surface area contributed by atoms with Gasteiger partial charge in [-0.05, 0) is 55.2 Å². The van der Waals surface area contributed by atoms with Crippen molar-refractivity contribution in [1.82, 2.24) is 14.5 Å². The van der Waals surface area contributed by atoms with E-state index in [2.05, 4.69) is 17.1 Å². The molecule has 0 saturated heterocycles. The van der Waals surface area contributed by atoms with Gasteiger partial charge in [-0.3, -0.25) is 14.3 Å². The molecule has 4 rings (SSSR count). The monoisotopic (exact) mass is 343 g/mol. The van der Waals surface area contributed by atoms with E-state index in [9.17, 15) is 4.79 Å². The van der Waals surface area contributed by atoms with Crippen LogP contribution >= 0.6 is 0 Å². The van der Waals surface area contributed by atoms with E-state index in [1.165, 1.54) is 0 Å². The summed E-state index contributed by atoms with van der Waals surface area (Å²) in [4.78, 5) is 22.6. The van der Waals surface area contributed by atoms with Crippen molar-refractivity contribution in [2.24, 2.45) is 0 Å². The van der Waals surface area contributed by atoms with Crippen molar-refractivity contribution in [2.45, 2.75) is 33.1 Å². The maximum absolute atomic E-state index is 13.5. The number of allylic oxidation sites excluding steroid dienone is 4. The van der Waals surface area contributed by atoms with E-state index in [-0.39, 0.29) is 5.56 Å². The molecule has 130 valence electrons. The molecule has 0 aliphatic heterocycles. The summed E-state index contributed by atoms with van der Waals surface area (Å²) in [6.45, 7) is 3.99. The third-order valence-corrected chi connectivity index (χ3v) is 4.72. The number of aromatic nitrogens is 3. The molecule has 26 heavy (non-hydrogen) atoms. The van der Waals surface area contributed by atoms with Crippen LogP contribution in [0.1, 0.15) is 31.3 Å². The minimum atomic E-state index is -0.00489. The highest BCUT2D eigenvalue weighted by Crippen LogP contribution is 2.27. The van der Waals surface area contributed by atoms with E-state index in [1.807, 2.05) is 50.3 Å². The zero-order valence-corrected chi connectivity index (χ0v) is 15.1. The van der Waals surface area contributed by atoms with Gasteiger partial charge in [-0.15, -0.1) is 0 Å². The molecule has 0 bridgehead atoms. The van der Waals surface area contributed by atoms with Crippen LogP contribution < -0.4 is 5.56 Å². The standard InChI is InChI=1S/C22H21N3O/c1-3-20-24-19-11-7-10-18(16-12-13-23-15(2)14-16)21(19)22(26)25(20)17-8-5-4-6-9-17/h5,7-14H,3-4,6H2,1-2H3. The Morgan fingerprint density at radius 2 is 2.08 bits per heavy atom. The van der Waals surface area contributed by atoms with Crippen LogP contribution in [0.4, 0.5) is 0 Å². The van der Waals surface area contributed by atoms with Crippen LogP contribution in [0, 0.1) is 6.92 Å². The summed E-state index contributed by atoms with van der Waals surface area (Å²) >= 11 is 0. The second-order valence-corrected chi connectivity index (χ2v) is 6.52. The van der Waals surface area contributed by atoms with Crippen molar-refractivity contribution in [3.8, 4) is 11.1 Å². The van der Waals surface area contributed by atoms with Crippen LogP contribution in [-0.2, 0) is 6.42 Å². The van der Waals surface area contributed by atoms with Crippen molar-refractivity contribution >= 4 is 16.6 Å². The molecule has 1 aromatic carbocycles. The molecule has 0 radical (unpaired) electrons. The zero-order chi connectivity index (χ0) is 18.1. The Bertz CT molecular complexity index is 1110. The number of benzene rings is 1. The third kappa shape index (κ3) is 2.77. The number of nitrogens with zero attached hydrogens (tertiary/aromatic N) is 3. The van der Waals surface area contributed by atoms with Crippen LogP contribution in [0.3, 0.4) is 0 Å². The molecule has 0 atom stereocenters. The van der Waals surface area contributed by atoms with Gasteiger partial charge in [0, 0.05) is 24.0 Å². The number of pyridine rings is 1. The fraction of sp³-hybridized carbons (Fsp3) is 0.227. The summed E-state index contributed by atoms with van der Waals surface area (Å²) in [6.07, 6.45) is 10.7. The number of hydrogen-bond donors (Lipinski definition) is 0. The lowest BCUT2D eigenvalue weighted by atomic mass is 10.0. The van der Waals surface area contributed by atoms with E-state index in [1.54, 1.807) is 10.8 Å². The van der Waals surface area contributed by atoms with Crippen molar-refractivity contribution < 1.29 is 0 Å². The highest BCUT2D eigenvalue weighted by molar-refractivity contribution is 5.94. The molecule has 4 heteroatoms. The van der Waals surface area contributed by atoms with E-state index >= 15 is 0 Å². The second kappa shape index (κ2) is 6.71. The van der Waals surface area contributed by atoms with Gasteiger partial charge in [0.2, 0.25) is 0 Å². The first-order chi connectivity index (χ1) is 12.7. The Labute approximate surface area is 152 Å².